The van der Waals surface area contributed by atoms with Crippen molar-refractivity contribution in [3.8, 4) is 11.5 Å². The largest absolute Gasteiger partial charge is 0.486 e. The summed E-state index contributed by atoms with van der Waals surface area (Å²) in [5.41, 5.74) is 1.21. The van der Waals surface area contributed by atoms with Crippen LogP contribution in [-0.4, -0.2) is 43.7 Å². The number of hydrogen-bond acceptors (Lipinski definition) is 4. The SMILES string of the molecule is CC(C)CCNC(=O)CN1CCC[C@@H]1c1ccc2c(c1)OCCO2. The van der Waals surface area contributed by atoms with Crippen molar-refractivity contribution in [2.45, 2.75) is 39.2 Å². The molecule has 1 aromatic carbocycles. The Hall–Kier alpha value is -1.75. The second-order valence-electron chi connectivity index (χ2n) is 7.06. The van der Waals surface area contributed by atoms with Crippen LogP contribution in [0.2, 0.25) is 0 Å². The predicted molar refractivity (Wildman–Crippen MR) is 93.4 cm³/mol. The van der Waals surface area contributed by atoms with Crippen molar-refractivity contribution in [2.75, 3.05) is 32.8 Å². The van der Waals surface area contributed by atoms with E-state index in [9.17, 15) is 4.79 Å². The van der Waals surface area contributed by atoms with Crippen molar-refractivity contribution < 1.29 is 14.3 Å². The smallest absolute Gasteiger partial charge is 0.234 e. The molecule has 0 spiro atoms. The van der Waals surface area contributed by atoms with Crippen LogP contribution in [0.5, 0.6) is 11.5 Å². The Morgan fingerprint density at radius 2 is 2.08 bits per heavy atom. The Morgan fingerprint density at radius 1 is 1.29 bits per heavy atom. The molecule has 132 valence electrons. The van der Waals surface area contributed by atoms with Crippen molar-refractivity contribution in [1.82, 2.24) is 10.2 Å². The summed E-state index contributed by atoms with van der Waals surface area (Å²) in [7, 11) is 0. The molecule has 1 aromatic rings. The highest BCUT2D eigenvalue weighted by molar-refractivity contribution is 5.78. The van der Waals surface area contributed by atoms with Crippen molar-refractivity contribution >= 4 is 5.91 Å². The molecule has 3 rings (SSSR count). The molecule has 0 unspecified atom stereocenters. The van der Waals surface area contributed by atoms with Gasteiger partial charge >= 0.3 is 0 Å². The fourth-order valence-corrected chi connectivity index (χ4v) is 3.40. The summed E-state index contributed by atoms with van der Waals surface area (Å²) in [4.78, 5) is 14.5. The predicted octanol–water partition coefficient (Wildman–Crippen LogP) is 2.76. The molecule has 0 radical (unpaired) electrons. The monoisotopic (exact) mass is 332 g/mol. The summed E-state index contributed by atoms with van der Waals surface area (Å²) >= 11 is 0. The van der Waals surface area contributed by atoms with Crippen molar-refractivity contribution in [3.05, 3.63) is 23.8 Å². The van der Waals surface area contributed by atoms with Crippen molar-refractivity contribution in [3.63, 3.8) is 0 Å². The lowest BCUT2D eigenvalue weighted by Crippen LogP contribution is -2.37. The van der Waals surface area contributed by atoms with Crippen molar-refractivity contribution in [2.24, 2.45) is 5.92 Å². The average Bonchev–Trinajstić information content (AvgIpc) is 3.02. The third-order valence-electron chi connectivity index (χ3n) is 4.71. The van der Waals surface area contributed by atoms with Gasteiger partial charge in [0.1, 0.15) is 13.2 Å². The maximum Gasteiger partial charge on any atom is 0.234 e. The molecule has 24 heavy (non-hydrogen) atoms. The third kappa shape index (κ3) is 4.20. The zero-order valence-electron chi connectivity index (χ0n) is 14.7. The van der Waals surface area contributed by atoms with Gasteiger partial charge in [-0.1, -0.05) is 19.9 Å². The van der Waals surface area contributed by atoms with Crippen LogP contribution in [0.1, 0.15) is 44.7 Å². The molecule has 1 saturated heterocycles. The number of carbonyl (C=O) groups is 1. The van der Waals surface area contributed by atoms with Crippen LogP contribution in [0.15, 0.2) is 18.2 Å². The molecule has 0 aromatic heterocycles. The Labute approximate surface area is 144 Å². The van der Waals surface area contributed by atoms with E-state index < -0.39 is 0 Å². The highest BCUT2D eigenvalue weighted by atomic mass is 16.6. The number of fused-ring (bicyclic) bond motifs is 1. The van der Waals surface area contributed by atoms with Gasteiger partial charge in [-0.25, -0.2) is 0 Å². The van der Waals surface area contributed by atoms with Gasteiger partial charge in [0.15, 0.2) is 11.5 Å². The summed E-state index contributed by atoms with van der Waals surface area (Å²) in [5, 5.41) is 3.04. The molecule has 0 aliphatic carbocycles. The lowest BCUT2D eigenvalue weighted by Gasteiger charge is -2.26. The first-order valence-corrected chi connectivity index (χ1v) is 9.04. The second kappa shape index (κ2) is 7.88. The van der Waals surface area contributed by atoms with Crippen LogP contribution in [0.4, 0.5) is 0 Å². The highest BCUT2D eigenvalue weighted by Gasteiger charge is 2.28. The summed E-state index contributed by atoms with van der Waals surface area (Å²) in [6.45, 7) is 7.75. The number of nitrogens with zero attached hydrogens (tertiary/aromatic N) is 1. The molecular formula is C19H28N2O3. The van der Waals surface area contributed by atoms with E-state index >= 15 is 0 Å². The first-order valence-electron chi connectivity index (χ1n) is 9.04. The van der Waals surface area contributed by atoms with Crippen LogP contribution in [0.25, 0.3) is 0 Å². The summed E-state index contributed by atoms with van der Waals surface area (Å²) in [6, 6.07) is 6.46. The molecule has 2 aliphatic rings. The number of hydrogen-bond donors (Lipinski definition) is 1. The molecule has 5 nitrogen and oxygen atoms in total. The minimum Gasteiger partial charge on any atom is -0.486 e. The highest BCUT2D eigenvalue weighted by Crippen LogP contribution is 2.37. The Kier molecular flexibility index (Phi) is 5.61. The molecular weight excluding hydrogens is 304 g/mol. The first-order chi connectivity index (χ1) is 11.6. The van der Waals surface area contributed by atoms with E-state index in [0.29, 0.717) is 25.7 Å². The van der Waals surface area contributed by atoms with Gasteiger partial charge in [-0.15, -0.1) is 0 Å². The topological polar surface area (TPSA) is 50.8 Å². The van der Waals surface area contributed by atoms with E-state index in [1.807, 2.05) is 6.07 Å². The third-order valence-corrected chi connectivity index (χ3v) is 4.71. The number of carbonyl (C=O) groups excluding carboxylic acids is 1. The van der Waals surface area contributed by atoms with Gasteiger partial charge in [-0.2, -0.15) is 0 Å². The van der Waals surface area contributed by atoms with E-state index in [-0.39, 0.29) is 11.9 Å². The van der Waals surface area contributed by atoms with Gasteiger partial charge in [-0.3, -0.25) is 9.69 Å². The van der Waals surface area contributed by atoms with Crippen LogP contribution in [-0.2, 0) is 4.79 Å². The minimum absolute atomic E-state index is 0.125. The van der Waals surface area contributed by atoms with Crippen molar-refractivity contribution in [1.29, 1.82) is 0 Å². The first kappa shape index (κ1) is 17.1. The molecule has 1 N–H and O–H groups in total. The van der Waals surface area contributed by atoms with Crippen LogP contribution >= 0.6 is 0 Å². The molecule has 2 heterocycles. The molecule has 1 amide bonds. The summed E-state index contributed by atoms with van der Waals surface area (Å²) in [5.74, 6) is 2.38. The van der Waals surface area contributed by atoms with Gasteiger partial charge in [0.05, 0.1) is 6.54 Å². The zero-order chi connectivity index (χ0) is 16.9. The number of rotatable bonds is 6. The van der Waals surface area contributed by atoms with Gasteiger partial charge in [0, 0.05) is 12.6 Å². The summed E-state index contributed by atoms with van der Waals surface area (Å²) < 4.78 is 11.3. The van der Waals surface area contributed by atoms with Crippen LogP contribution < -0.4 is 14.8 Å². The fourth-order valence-electron chi connectivity index (χ4n) is 3.40. The van der Waals surface area contributed by atoms with E-state index in [4.69, 9.17) is 9.47 Å². The normalized spacial score (nSPS) is 20.4. The van der Waals surface area contributed by atoms with E-state index in [0.717, 1.165) is 43.9 Å². The van der Waals surface area contributed by atoms with Gasteiger partial charge < -0.3 is 14.8 Å². The maximum atomic E-state index is 12.2. The number of ether oxygens (including phenoxy) is 2. The van der Waals surface area contributed by atoms with E-state index in [2.05, 4.69) is 36.2 Å². The molecule has 5 heteroatoms. The molecule has 1 atom stereocenters. The Morgan fingerprint density at radius 3 is 2.88 bits per heavy atom. The number of amides is 1. The quantitative estimate of drug-likeness (QED) is 0.870. The van der Waals surface area contributed by atoms with Crippen LogP contribution in [0.3, 0.4) is 0 Å². The Balaban J connectivity index is 1.60. The Bertz CT molecular complexity index is 574. The maximum absolute atomic E-state index is 12.2. The average molecular weight is 332 g/mol. The second-order valence-corrected chi connectivity index (χ2v) is 7.06. The van der Waals surface area contributed by atoms with E-state index in [1.54, 1.807) is 0 Å². The van der Waals surface area contributed by atoms with E-state index in [1.165, 1.54) is 5.56 Å². The number of likely N-dealkylation sites (tertiary alicyclic amines) is 1. The molecule has 1 fully saturated rings. The number of nitrogens with one attached hydrogen (secondary N) is 1. The fraction of sp³-hybridized carbons (Fsp3) is 0.632. The lowest BCUT2D eigenvalue weighted by atomic mass is 10.0. The van der Waals surface area contributed by atoms with Crippen LogP contribution in [0, 0.1) is 5.92 Å². The summed E-state index contributed by atoms with van der Waals surface area (Å²) in [6.07, 6.45) is 3.23. The van der Waals surface area contributed by atoms with Gasteiger partial charge in [0.25, 0.3) is 0 Å². The molecule has 0 bridgehead atoms. The number of benzene rings is 1. The molecule has 2 aliphatic heterocycles. The zero-order valence-corrected chi connectivity index (χ0v) is 14.7. The van der Waals surface area contributed by atoms with Gasteiger partial charge in [0.2, 0.25) is 5.91 Å². The van der Waals surface area contributed by atoms with Gasteiger partial charge in [-0.05, 0) is 49.4 Å². The minimum atomic E-state index is 0.125. The molecule has 0 saturated carbocycles. The standard InChI is InChI=1S/C19H28N2O3/c1-14(2)7-8-20-19(22)13-21-9-3-4-16(21)15-5-6-17-18(12-15)24-11-10-23-17/h5-6,12,14,16H,3-4,7-11,13H2,1-2H3,(H,20,22)/t16-/m1/s1. The lowest BCUT2D eigenvalue weighted by molar-refractivity contribution is -0.122.